The van der Waals surface area contributed by atoms with Crippen molar-refractivity contribution in [1.82, 2.24) is 0 Å². The van der Waals surface area contributed by atoms with Crippen LogP contribution in [-0.2, 0) is 0 Å². The summed E-state index contributed by atoms with van der Waals surface area (Å²) in [6.07, 6.45) is 0. The molecular formula is C21H12ErN6O18. The van der Waals surface area contributed by atoms with Gasteiger partial charge in [-0.05, 0) is 18.2 Å². The second-order valence-corrected chi connectivity index (χ2v) is 7.56. The number of nitrogens with zero attached hydrogens (tertiary/aromatic N) is 6. The molecule has 3 aromatic carbocycles. The number of non-ortho nitro benzene ring substituents is 3. The predicted octanol–water partition coefficient (Wildman–Crippen LogP) is 3.60. The number of carboxylic acid groups (broad SMARTS) is 3. The maximum atomic E-state index is 10.5. The number of hydrogen-bond donors (Lipinski definition) is 3. The van der Waals surface area contributed by atoms with E-state index in [2.05, 4.69) is 0 Å². The molecular weight excluding hydrogens is 792 g/mol. The van der Waals surface area contributed by atoms with Crippen LogP contribution in [0.1, 0.15) is 31.1 Å². The minimum Gasteiger partial charge on any atom is -0.477 e. The van der Waals surface area contributed by atoms with Crippen molar-refractivity contribution in [1.29, 1.82) is 0 Å². The molecule has 0 bridgehead atoms. The Morgan fingerprint density at radius 3 is 0.739 bits per heavy atom. The van der Waals surface area contributed by atoms with Gasteiger partial charge in [0.1, 0.15) is 16.7 Å². The molecule has 0 aromatic heterocycles. The van der Waals surface area contributed by atoms with E-state index < -0.39 is 98.3 Å². The van der Waals surface area contributed by atoms with Gasteiger partial charge in [0.05, 0.1) is 47.7 Å². The maximum absolute atomic E-state index is 10.5. The van der Waals surface area contributed by atoms with E-state index in [4.69, 9.17) is 15.3 Å². The van der Waals surface area contributed by atoms with Gasteiger partial charge in [0, 0.05) is 55.5 Å². The van der Waals surface area contributed by atoms with Gasteiger partial charge >= 0.3 is 17.9 Å². The van der Waals surface area contributed by atoms with E-state index in [9.17, 15) is 75.1 Å². The van der Waals surface area contributed by atoms with Gasteiger partial charge in [0.15, 0.2) is 0 Å². The average molecular weight is 804 g/mol. The predicted molar refractivity (Wildman–Crippen MR) is 140 cm³/mol. The SMILES string of the molecule is O=C(O)c1ccc([N+](=O)[O-])cc1[N+](=O)[O-].O=C(O)c1ccc([N+](=O)[O-])cc1[N+](=O)[O-].O=C(O)c1ccc([N+](=O)[O-])cc1[N+](=O)[O-].[Er]. The van der Waals surface area contributed by atoms with Crippen LogP contribution in [0.15, 0.2) is 54.6 Å². The molecule has 0 atom stereocenters. The van der Waals surface area contributed by atoms with Gasteiger partial charge in [0.25, 0.3) is 34.1 Å². The molecule has 0 aliphatic rings. The molecule has 0 heterocycles. The third-order valence-corrected chi connectivity index (χ3v) is 4.86. The second-order valence-electron chi connectivity index (χ2n) is 7.56. The fourth-order valence-electron chi connectivity index (χ4n) is 2.90. The monoisotopic (exact) mass is 802 g/mol. The van der Waals surface area contributed by atoms with E-state index in [0.29, 0.717) is 18.2 Å². The van der Waals surface area contributed by atoms with Crippen LogP contribution in [0.25, 0.3) is 0 Å². The normalized spacial score (nSPS) is 9.39. The summed E-state index contributed by atoms with van der Waals surface area (Å²) in [5.74, 6) is -4.51. The van der Waals surface area contributed by atoms with Gasteiger partial charge in [-0.15, -0.1) is 0 Å². The van der Waals surface area contributed by atoms with Crippen LogP contribution >= 0.6 is 0 Å². The zero-order valence-electron chi connectivity index (χ0n) is 21.6. The molecule has 3 N–H and O–H groups in total. The topological polar surface area (TPSA) is 371 Å². The molecule has 3 aromatic rings. The first kappa shape index (κ1) is 39.7. The van der Waals surface area contributed by atoms with E-state index in [-0.39, 0.29) is 37.3 Å². The first-order valence-electron chi connectivity index (χ1n) is 10.8. The largest absolute Gasteiger partial charge is 0.477 e. The smallest absolute Gasteiger partial charge is 0.342 e. The Hall–Kier alpha value is -6.28. The summed E-state index contributed by atoms with van der Waals surface area (Å²) in [5, 5.41) is 87.8. The number of aromatic carboxylic acids is 3. The molecule has 0 aliphatic carbocycles. The number of carbonyl (C=O) groups is 3. The molecule has 0 spiro atoms. The third-order valence-electron chi connectivity index (χ3n) is 4.86. The number of nitro groups is 6. The number of nitro benzene ring substituents is 6. The number of hydrogen-bond acceptors (Lipinski definition) is 15. The fourth-order valence-corrected chi connectivity index (χ4v) is 2.90. The Bertz CT molecular complexity index is 1570. The molecule has 24 nitrogen and oxygen atoms in total. The summed E-state index contributed by atoms with van der Waals surface area (Å²) in [6.45, 7) is 0. The zero-order valence-corrected chi connectivity index (χ0v) is 23.5. The third kappa shape index (κ3) is 10.8. The molecule has 3 rings (SSSR count). The molecule has 0 amide bonds. The second kappa shape index (κ2) is 17.1. The molecule has 0 saturated heterocycles. The molecule has 246 valence electrons. The first-order chi connectivity index (χ1) is 20.8. The van der Waals surface area contributed by atoms with Gasteiger partial charge in [-0.3, -0.25) is 60.7 Å². The Labute approximate surface area is 279 Å². The molecule has 46 heavy (non-hydrogen) atoms. The standard InChI is InChI=1S/3C7H4N2O6.Er/c3*10-7(11)5-2-1-4(8(12)13)3-6(5)9(14)15;/h3*1-3H,(H,10,11);. The van der Waals surface area contributed by atoms with Gasteiger partial charge < -0.3 is 15.3 Å². The summed E-state index contributed by atoms with van der Waals surface area (Å²) in [5.41, 5.74) is -5.68. The molecule has 0 unspecified atom stereocenters. The van der Waals surface area contributed by atoms with E-state index in [1.54, 1.807) is 0 Å². The Morgan fingerprint density at radius 2 is 0.609 bits per heavy atom. The van der Waals surface area contributed by atoms with Crippen molar-refractivity contribution in [2.45, 2.75) is 0 Å². The average Bonchev–Trinajstić information content (AvgIpc) is 2.96. The van der Waals surface area contributed by atoms with Crippen LogP contribution in [0.3, 0.4) is 0 Å². The summed E-state index contributed by atoms with van der Waals surface area (Å²) in [7, 11) is 0. The first-order valence-corrected chi connectivity index (χ1v) is 10.8. The van der Waals surface area contributed by atoms with Crippen molar-refractivity contribution >= 4 is 52.0 Å². The Morgan fingerprint density at radius 1 is 0.413 bits per heavy atom. The molecule has 25 heteroatoms. The van der Waals surface area contributed by atoms with Gasteiger partial charge in [-0.2, -0.15) is 0 Å². The minimum absolute atomic E-state index is 0. The van der Waals surface area contributed by atoms with E-state index in [1.807, 2.05) is 0 Å². The van der Waals surface area contributed by atoms with Crippen molar-refractivity contribution in [3.63, 3.8) is 0 Å². The van der Waals surface area contributed by atoms with Crippen molar-refractivity contribution in [2.24, 2.45) is 0 Å². The van der Waals surface area contributed by atoms with Crippen LogP contribution in [0, 0.1) is 98.0 Å². The quantitative estimate of drug-likeness (QED) is 0.205. The van der Waals surface area contributed by atoms with Crippen LogP contribution in [0.5, 0.6) is 0 Å². The van der Waals surface area contributed by atoms with Gasteiger partial charge in [-0.25, -0.2) is 14.4 Å². The van der Waals surface area contributed by atoms with Gasteiger partial charge in [0.2, 0.25) is 0 Å². The van der Waals surface area contributed by atoms with Crippen molar-refractivity contribution < 1.29 is 96.5 Å². The zero-order chi connectivity index (χ0) is 34.8. The van der Waals surface area contributed by atoms with Crippen LogP contribution in [0.4, 0.5) is 34.1 Å². The Balaban J connectivity index is 0.000000653. The van der Waals surface area contributed by atoms with E-state index in [1.165, 1.54) is 0 Å². The summed E-state index contributed by atoms with van der Waals surface area (Å²) in [6, 6.07) is 7.04. The van der Waals surface area contributed by atoms with Crippen molar-refractivity contribution in [3.8, 4) is 0 Å². The maximum Gasteiger partial charge on any atom is 0.342 e. The van der Waals surface area contributed by atoms with Crippen LogP contribution in [0.2, 0.25) is 0 Å². The summed E-state index contributed by atoms with van der Waals surface area (Å²) >= 11 is 0. The molecule has 0 radical (unpaired) electrons. The summed E-state index contributed by atoms with van der Waals surface area (Å²) in [4.78, 5) is 88.3. The summed E-state index contributed by atoms with van der Waals surface area (Å²) < 4.78 is 0. The number of carboxylic acids is 3. The molecule has 0 saturated carbocycles. The van der Waals surface area contributed by atoms with Crippen molar-refractivity contribution in [2.75, 3.05) is 0 Å². The van der Waals surface area contributed by atoms with Crippen molar-refractivity contribution in [3.05, 3.63) is 132 Å². The molecule has 0 aliphatic heterocycles. The van der Waals surface area contributed by atoms with Crippen LogP contribution in [-0.4, -0.2) is 62.8 Å². The molecule has 0 fully saturated rings. The fraction of sp³-hybridized carbons (Fsp3) is 0. The van der Waals surface area contributed by atoms with Gasteiger partial charge in [-0.1, -0.05) is 0 Å². The number of benzene rings is 3. The van der Waals surface area contributed by atoms with Crippen LogP contribution < -0.4 is 0 Å². The minimum atomic E-state index is -1.50. The Kier molecular flexibility index (Phi) is 14.8. The van der Waals surface area contributed by atoms with E-state index in [0.717, 1.165) is 36.4 Å². The van der Waals surface area contributed by atoms with E-state index >= 15 is 0 Å². The number of rotatable bonds is 9.